The lowest BCUT2D eigenvalue weighted by molar-refractivity contribution is -0.134. The SMILES string of the molecule is CCOc1ccc(OC(C)C(=O)NNC(=O)C2(C)CC2(Cl)Cl)cc1. The second-order valence-corrected chi connectivity index (χ2v) is 7.31. The zero-order valence-corrected chi connectivity index (χ0v) is 15.2. The summed E-state index contributed by atoms with van der Waals surface area (Å²) in [6.07, 6.45) is -0.463. The Balaban J connectivity index is 1.81. The number of ether oxygens (including phenoxy) is 2. The molecule has 0 aliphatic heterocycles. The number of alkyl halides is 2. The van der Waals surface area contributed by atoms with Crippen molar-refractivity contribution in [1.82, 2.24) is 10.9 Å². The largest absolute Gasteiger partial charge is 0.494 e. The average molecular weight is 375 g/mol. The van der Waals surface area contributed by atoms with Crippen LogP contribution in [-0.2, 0) is 9.59 Å². The van der Waals surface area contributed by atoms with Crippen LogP contribution in [0.5, 0.6) is 11.5 Å². The highest BCUT2D eigenvalue weighted by Crippen LogP contribution is 2.63. The van der Waals surface area contributed by atoms with Crippen LogP contribution in [-0.4, -0.2) is 28.9 Å². The molecule has 1 aromatic carbocycles. The summed E-state index contributed by atoms with van der Waals surface area (Å²) in [4.78, 5) is 24.0. The lowest BCUT2D eigenvalue weighted by Gasteiger charge is -2.17. The number of amides is 2. The van der Waals surface area contributed by atoms with Crippen LogP contribution in [0.3, 0.4) is 0 Å². The Morgan fingerprint density at radius 1 is 1.21 bits per heavy atom. The van der Waals surface area contributed by atoms with Crippen molar-refractivity contribution >= 4 is 35.0 Å². The van der Waals surface area contributed by atoms with E-state index in [1.165, 1.54) is 0 Å². The Kier molecular flexibility index (Phi) is 5.50. The maximum atomic E-state index is 12.0. The van der Waals surface area contributed by atoms with Crippen LogP contribution in [0.2, 0.25) is 0 Å². The molecule has 0 aromatic heterocycles. The van der Waals surface area contributed by atoms with E-state index >= 15 is 0 Å². The summed E-state index contributed by atoms with van der Waals surface area (Å²) in [6.45, 7) is 5.67. The van der Waals surface area contributed by atoms with Gasteiger partial charge in [-0.1, -0.05) is 0 Å². The summed E-state index contributed by atoms with van der Waals surface area (Å²) in [5, 5.41) is 0. The van der Waals surface area contributed by atoms with Crippen LogP contribution in [0.1, 0.15) is 27.2 Å². The molecule has 1 aliphatic carbocycles. The summed E-state index contributed by atoms with van der Waals surface area (Å²) >= 11 is 11.8. The molecule has 1 aromatic rings. The lowest BCUT2D eigenvalue weighted by atomic mass is 10.1. The van der Waals surface area contributed by atoms with Gasteiger partial charge in [-0.05, 0) is 51.5 Å². The predicted molar refractivity (Wildman–Crippen MR) is 91.1 cm³/mol. The second-order valence-electron chi connectivity index (χ2n) is 5.82. The summed E-state index contributed by atoms with van der Waals surface area (Å²) in [6, 6.07) is 6.90. The van der Waals surface area contributed by atoms with Crippen molar-refractivity contribution in [2.24, 2.45) is 5.41 Å². The number of hydrogen-bond donors (Lipinski definition) is 2. The molecular weight excluding hydrogens is 355 g/mol. The van der Waals surface area contributed by atoms with E-state index in [1.807, 2.05) is 6.92 Å². The van der Waals surface area contributed by atoms with E-state index in [1.54, 1.807) is 38.1 Å². The highest BCUT2D eigenvalue weighted by Gasteiger charge is 2.68. The first kappa shape index (κ1) is 18.7. The first-order valence-corrected chi connectivity index (χ1v) is 8.33. The van der Waals surface area contributed by atoms with Gasteiger partial charge in [-0.3, -0.25) is 20.4 Å². The van der Waals surface area contributed by atoms with Gasteiger partial charge in [0, 0.05) is 0 Å². The van der Waals surface area contributed by atoms with Gasteiger partial charge in [0.1, 0.15) is 15.8 Å². The first-order chi connectivity index (χ1) is 11.2. The molecule has 0 saturated heterocycles. The van der Waals surface area contributed by atoms with Gasteiger partial charge in [0.2, 0.25) is 5.91 Å². The van der Waals surface area contributed by atoms with Crippen molar-refractivity contribution in [3.63, 3.8) is 0 Å². The van der Waals surface area contributed by atoms with Crippen LogP contribution in [0.25, 0.3) is 0 Å². The normalized spacial score (nSPS) is 22.2. The number of hydrogen-bond acceptors (Lipinski definition) is 4. The van der Waals surface area contributed by atoms with Crippen LogP contribution in [0.4, 0.5) is 0 Å². The van der Waals surface area contributed by atoms with Crippen molar-refractivity contribution in [1.29, 1.82) is 0 Å². The van der Waals surface area contributed by atoms with E-state index in [0.29, 0.717) is 18.8 Å². The molecule has 1 fully saturated rings. The van der Waals surface area contributed by atoms with Crippen LogP contribution < -0.4 is 20.3 Å². The van der Waals surface area contributed by atoms with Gasteiger partial charge in [-0.25, -0.2) is 0 Å². The monoisotopic (exact) mass is 374 g/mol. The topological polar surface area (TPSA) is 76.7 Å². The van der Waals surface area contributed by atoms with Crippen molar-refractivity contribution in [3.05, 3.63) is 24.3 Å². The third kappa shape index (κ3) is 4.05. The molecule has 2 N–H and O–H groups in total. The van der Waals surface area contributed by atoms with Crippen molar-refractivity contribution in [3.8, 4) is 11.5 Å². The minimum Gasteiger partial charge on any atom is -0.494 e. The Bertz CT molecular complexity index is 621. The van der Waals surface area contributed by atoms with E-state index < -0.39 is 27.7 Å². The maximum Gasteiger partial charge on any atom is 0.279 e. The highest BCUT2D eigenvalue weighted by molar-refractivity contribution is 6.53. The molecule has 0 radical (unpaired) electrons. The number of carbonyl (C=O) groups is 2. The lowest BCUT2D eigenvalue weighted by Crippen LogP contribution is -2.49. The van der Waals surface area contributed by atoms with Gasteiger partial charge in [0.05, 0.1) is 12.0 Å². The first-order valence-electron chi connectivity index (χ1n) is 7.57. The fourth-order valence-corrected chi connectivity index (χ4v) is 2.75. The Hall–Kier alpha value is -1.66. The van der Waals surface area contributed by atoms with Gasteiger partial charge in [-0.15, -0.1) is 23.2 Å². The van der Waals surface area contributed by atoms with Gasteiger partial charge < -0.3 is 9.47 Å². The summed E-state index contributed by atoms with van der Waals surface area (Å²) in [5.74, 6) is 0.310. The number of nitrogens with one attached hydrogen (secondary N) is 2. The summed E-state index contributed by atoms with van der Waals surface area (Å²) < 4.78 is 9.75. The minimum absolute atomic E-state index is 0.336. The third-order valence-electron chi connectivity index (χ3n) is 3.88. The Labute approximate surface area is 150 Å². The molecule has 2 atom stereocenters. The minimum atomic E-state index is -1.09. The third-order valence-corrected chi connectivity index (χ3v) is 4.98. The number of carbonyl (C=O) groups excluding carboxylic acids is 2. The summed E-state index contributed by atoms with van der Waals surface area (Å²) in [5.41, 5.74) is 3.74. The van der Waals surface area contributed by atoms with Gasteiger partial charge in [0.15, 0.2) is 6.10 Å². The number of hydrazine groups is 1. The van der Waals surface area contributed by atoms with Crippen LogP contribution in [0, 0.1) is 5.41 Å². The molecule has 6 nitrogen and oxygen atoms in total. The second kappa shape index (κ2) is 7.07. The molecule has 0 bridgehead atoms. The Morgan fingerprint density at radius 2 is 1.75 bits per heavy atom. The van der Waals surface area contributed by atoms with Crippen molar-refractivity contribution in [2.75, 3.05) is 6.61 Å². The molecule has 8 heteroatoms. The van der Waals surface area contributed by atoms with Crippen molar-refractivity contribution in [2.45, 2.75) is 37.6 Å². The highest BCUT2D eigenvalue weighted by atomic mass is 35.5. The molecule has 2 unspecified atom stereocenters. The van der Waals surface area contributed by atoms with E-state index in [-0.39, 0.29) is 0 Å². The number of benzene rings is 1. The number of rotatable bonds is 6. The van der Waals surface area contributed by atoms with Crippen LogP contribution >= 0.6 is 23.2 Å². The fraction of sp³-hybridized carbons (Fsp3) is 0.500. The van der Waals surface area contributed by atoms with E-state index in [0.717, 1.165) is 5.75 Å². The molecule has 24 heavy (non-hydrogen) atoms. The number of halogens is 2. The standard InChI is InChI=1S/C16H20Cl2N2O4/c1-4-23-11-5-7-12(8-6-11)24-10(2)13(21)19-20-14(22)15(3)9-16(15,17)18/h5-8,10H,4,9H2,1-3H3,(H,19,21)(H,20,22). The van der Waals surface area contributed by atoms with Crippen LogP contribution in [0.15, 0.2) is 24.3 Å². The maximum absolute atomic E-state index is 12.0. The Morgan fingerprint density at radius 3 is 2.25 bits per heavy atom. The van der Waals surface area contributed by atoms with E-state index in [2.05, 4.69) is 10.9 Å². The zero-order valence-electron chi connectivity index (χ0n) is 13.7. The van der Waals surface area contributed by atoms with Crippen molar-refractivity contribution < 1.29 is 19.1 Å². The predicted octanol–water partition coefficient (Wildman–Crippen LogP) is 2.58. The smallest absolute Gasteiger partial charge is 0.279 e. The fourth-order valence-electron chi connectivity index (χ4n) is 2.04. The summed E-state index contributed by atoms with van der Waals surface area (Å²) in [7, 11) is 0. The molecular formula is C16H20Cl2N2O4. The quantitative estimate of drug-likeness (QED) is 0.592. The molecule has 2 amide bonds. The molecule has 1 aliphatic rings. The molecule has 0 spiro atoms. The molecule has 0 heterocycles. The molecule has 1 saturated carbocycles. The van der Waals surface area contributed by atoms with E-state index in [9.17, 15) is 9.59 Å². The van der Waals surface area contributed by atoms with Gasteiger partial charge in [-0.2, -0.15) is 0 Å². The molecule has 132 valence electrons. The van der Waals surface area contributed by atoms with Gasteiger partial charge in [0.25, 0.3) is 5.91 Å². The zero-order chi connectivity index (χ0) is 18.0. The molecule has 2 rings (SSSR count). The van der Waals surface area contributed by atoms with E-state index in [4.69, 9.17) is 32.7 Å². The van der Waals surface area contributed by atoms with Gasteiger partial charge >= 0.3 is 0 Å². The average Bonchev–Trinajstić information content (AvgIpc) is 3.06.